The van der Waals surface area contributed by atoms with Crippen molar-refractivity contribution in [1.29, 1.82) is 0 Å². The van der Waals surface area contributed by atoms with E-state index >= 15 is 0 Å². The summed E-state index contributed by atoms with van der Waals surface area (Å²) in [6.45, 7) is 0.759. The minimum absolute atomic E-state index is 0.213. The Morgan fingerprint density at radius 2 is 1.96 bits per heavy atom. The van der Waals surface area contributed by atoms with Crippen molar-refractivity contribution in [1.82, 2.24) is 4.90 Å². The zero-order valence-electron chi connectivity index (χ0n) is 13.9. The van der Waals surface area contributed by atoms with E-state index in [1.807, 2.05) is 11.9 Å². The lowest BCUT2D eigenvalue weighted by molar-refractivity contribution is -0.130. The first kappa shape index (κ1) is 16.0. The van der Waals surface area contributed by atoms with E-state index in [4.69, 9.17) is 5.73 Å². The van der Waals surface area contributed by atoms with Crippen molar-refractivity contribution in [2.75, 3.05) is 13.6 Å². The molecule has 0 radical (unpaired) electrons. The van der Waals surface area contributed by atoms with Gasteiger partial charge in [-0.25, -0.2) is 0 Å². The van der Waals surface area contributed by atoms with Crippen LogP contribution in [0.5, 0.6) is 0 Å². The molecule has 122 valence electrons. The molecule has 0 aliphatic heterocycles. The van der Waals surface area contributed by atoms with Gasteiger partial charge in [0.05, 0.1) is 0 Å². The third-order valence-electron chi connectivity index (χ3n) is 5.18. The quantitative estimate of drug-likeness (QED) is 0.920. The molecule has 0 heterocycles. The van der Waals surface area contributed by atoms with Crippen molar-refractivity contribution in [3.63, 3.8) is 0 Å². The molecular formula is C20H26N2O. The first-order chi connectivity index (χ1) is 11.1. The molecule has 3 heteroatoms. The second-order valence-electron chi connectivity index (χ2n) is 6.76. The summed E-state index contributed by atoms with van der Waals surface area (Å²) in [5.41, 5.74) is 7.39. The standard InChI is InChI=1S/C20H26N2O/c1-22(20(23)14-17-9-5-11-19(17)21)13-12-16-8-4-7-15-6-2-3-10-18(15)16/h2-4,6-8,10,17,19H,5,9,11-14,21H2,1H3/t17-,19+/m0/s1. The lowest BCUT2D eigenvalue weighted by Gasteiger charge is -2.21. The van der Waals surface area contributed by atoms with Gasteiger partial charge in [0, 0.05) is 26.1 Å². The van der Waals surface area contributed by atoms with Crippen LogP contribution in [0, 0.1) is 5.92 Å². The van der Waals surface area contributed by atoms with Crippen LogP contribution in [-0.4, -0.2) is 30.4 Å². The Kier molecular flexibility index (Phi) is 4.97. The molecule has 1 fully saturated rings. The van der Waals surface area contributed by atoms with E-state index in [2.05, 4.69) is 42.5 Å². The van der Waals surface area contributed by atoms with E-state index < -0.39 is 0 Å². The zero-order chi connectivity index (χ0) is 16.2. The first-order valence-corrected chi connectivity index (χ1v) is 8.61. The van der Waals surface area contributed by atoms with Crippen LogP contribution in [0.25, 0.3) is 10.8 Å². The molecule has 0 saturated heterocycles. The molecule has 0 spiro atoms. The Balaban J connectivity index is 1.59. The Hall–Kier alpha value is -1.87. The second kappa shape index (κ2) is 7.14. The number of hydrogen-bond donors (Lipinski definition) is 1. The molecule has 1 saturated carbocycles. The smallest absolute Gasteiger partial charge is 0.222 e. The third kappa shape index (κ3) is 3.73. The number of carbonyl (C=O) groups is 1. The molecule has 3 rings (SSSR count). The number of likely N-dealkylation sites (N-methyl/N-ethyl adjacent to an activating group) is 1. The molecular weight excluding hydrogens is 284 g/mol. The van der Waals surface area contributed by atoms with Crippen LogP contribution in [0.2, 0.25) is 0 Å². The van der Waals surface area contributed by atoms with Crippen molar-refractivity contribution in [2.24, 2.45) is 11.7 Å². The largest absolute Gasteiger partial charge is 0.345 e. The van der Waals surface area contributed by atoms with Crippen LogP contribution in [0.4, 0.5) is 0 Å². The molecule has 1 aliphatic carbocycles. The van der Waals surface area contributed by atoms with Crippen LogP contribution in [0.3, 0.4) is 0 Å². The zero-order valence-corrected chi connectivity index (χ0v) is 13.9. The molecule has 2 aromatic rings. The van der Waals surface area contributed by atoms with Crippen molar-refractivity contribution in [3.8, 4) is 0 Å². The summed E-state index contributed by atoms with van der Waals surface area (Å²) in [5.74, 6) is 0.607. The van der Waals surface area contributed by atoms with Crippen molar-refractivity contribution >= 4 is 16.7 Å². The molecule has 1 aliphatic rings. The van der Waals surface area contributed by atoms with E-state index in [0.717, 1.165) is 25.8 Å². The topological polar surface area (TPSA) is 46.3 Å². The second-order valence-corrected chi connectivity index (χ2v) is 6.76. The third-order valence-corrected chi connectivity index (χ3v) is 5.18. The van der Waals surface area contributed by atoms with Gasteiger partial charge in [0.15, 0.2) is 0 Å². The normalized spacial score (nSPS) is 20.8. The summed E-state index contributed by atoms with van der Waals surface area (Å²) in [6.07, 6.45) is 4.83. The van der Waals surface area contributed by atoms with Gasteiger partial charge in [-0.15, -0.1) is 0 Å². The fourth-order valence-corrected chi connectivity index (χ4v) is 3.62. The minimum Gasteiger partial charge on any atom is -0.345 e. The molecule has 3 nitrogen and oxygen atoms in total. The summed E-state index contributed by atoms with van der Waals surface area (Å²) in [4.78, 5) is 14.3. The number of nitrogens with two attached hydrogens (primary N) is 1. The number of rotatable bonds is 5. The number of amides is 1. The molecule has 23 heavy (non-hydrogen) atoms. The van der Waals surface area contributed by atoms with Gasteiger partial charge >= 0.3 is 0 Å². The average Bonchev–Trinajstić information content (AvgIpc) is 2.97. The molecule has 1 amide bonds. The molecule has 2 aromatic carbocycles. The predicted molar refractivity (Wildman–Crippen MR) is 95.2 cm³/mol. The van der Waals surface area contributed by atoms with E-state index in [9.17, 15) is 4.79 Å². The van der Waals surface area contributed by atoms with Crippen LogP contribution in [-0.2, 0) is 11.2 Å². The van der Waals surface area contributed by atoms with E-state index in [0.29, 0.717) is 12.3 Å². The highest BCUT2D eigenvalue weighted by Crippen LogP contribution is 2.27. The molecule has 2 atom stereocenters. The Bertz CT molecular complexity index is 677. The molecule has 0 aromatic heterocycles. The van der Waals surface area contributed by atoms with Crippen LogP contribution >= 0.6 is 0 Å². The summed E-state index contributed by atoms with van der Waals surface area (Å²) < 4.78 is 0. The van der Waals surface area contributed by atoms with Gasteiger partial charge < -0.3 is 10.6 Å². The number of hydrogen-bond acceptors (Lipinski definition) is 2. The van der Waals surface area contributed by atoms with Gasteiger partial charge in [0.25, 0.3) is 0 Å². The Morgan fingerprint density at radius 1 is 1.17 bits per heavy atom. The maximum absolute atomic E-state index is 12.4. The van der Waals surface area contributed by atoms with E-state index in [-0.39, 0.29) is 11.9 Å². The van der Waals surface area contributed by atoms with Crippen LogP contribution in [0.15, 0.2) is 42.5 Å². The van der Waals surface area contributed by atoms with E-state index in [1.54, 1.807) is 0 Å². The van der Waals surface area contributed by atoms with Gasteiger partial charge in [-0.3, -0.25) is 4.79 Å². The van der Waals surface area contributed by atoms with Gasteiger partial charge in [0.2, 0.25) is 5.91 Å². The van der Waals surface area contributed by atoms with Crippen molar-refractivity contribution in [2.45, 2.75) is 38.1 Å². The van der Waals surface area contributed by atoms with Crippen LogP contribution < -0.4 is 5.73 Å². The average molecular weight is 310 g/mol. The van der Waals surface area contributed by atoms with E-state index in [1.165, 1.54) is 22.8 Å². The number of carbonyl (C=O) groups excluding carboxylic acids is 1. The monoisotopic (exact) mass is 310 g/mol. The lowest BCUT2D eigenvalue weighted by Crippen LogP contribution is -2.34. The molecule has 0 unspecified atom stereocenters. The Labute approximate surface area is 138 Å². The maximum Gasteiger partial charge on any atom is 0.222 e. The fraction of sp³-hybridized carbons (Fsp3) is 0.450. The predicted octanol–water partition coefficient (Wildman–Crippen LogP) is 3.36. The van der Waals surface area contributed by atoms with Gasteiger partial charge in [0.1, 0.15) is 0 Å². The number of benzene rings is 2. The highest BCUT2D eigenvalue weighted by Gasteiger charge is 2.27. The molecule has 0 bridgehead atoms. The lowest BCUT2D eigenvalue weighted by atomic mass is 9.99. The van der Waals surface area contributed by atoms with Gasteiger partial charge in [-0.2, -0.15) is 0 Å². The number of fused-ring (bicyclic) bond motifs is 1. The Morgan fingerprint density at radius 3 is 2.74 bits per heavy atom. The van der Waals surface area contributed by atoms with Gasteiger partial charge in [-0.05, 0) is 41.5 Å². The molecule has 2 N–H and O–H groups in total. The minimum atomic E-state index is 0.213. The van der Waals surface area contributed by atoms with Gasteiger partial charge in [-0.1, -0.05) is 48.9 Å². The number of nitrogens with zero attached hydrogens (tertiary/aromatic N) is 1. The highest BCUT2D eigenvalue weighted by atomic mass is 16.2. The first-order valence-electron chi connectivity index (χ1n) is 8.61. The van der Waals surface area contributed by atoms with Crippen molar-refractivity contribution < 1.29 is 4.79 Å². The summed E-state index contributed by atoms with van der Waals surface area (Å²) in [5, 5.41) is 2.55. The summed E-state index contributed by atoms with van der Waals surface area (Å²) in [7, 11) is 1.91. The van der Waals surface area contributed by atoms with Crippen molar-refractivity contribution in [3.05, 3.63) is 48.0 Å². The maximum atomic E-state index is 12.4. The van der Waals surface area contributed by atoms with Crippen LogP contribution in [0.1, 0.15) is 31.2 Å². The SMILES string of the molecule is CN(CCc1cccc2ccccc12)C(=O)C[C@@H]1CCC[C@H]1N. The summed E-state index contributed by atoms with van der Waals surface area (Å²) in [6, 6.07) is 15.0. The summed E-state index contributed by atoms with van der Waals surface area (Å²) >= 11 is 0. The fourth-order valence-electron chi connectivity index (χ4n) is 3.62. The highest BCUT2D eigenvalue weighted by molar-refractivity contribution is 5.85.